The third kappa shape index (κ3) is 1.46. The Balaban J connectivity index is 1.77. The van der Waals surface area contributed by atoms with Crippen molar-refractivity contribution in [3.63, 3.8) is 0 Å². The van der Waals surface area contributed by atoms with Gasteiger partial charge in [0.1, 0.15) is 0 Å². The number of nitrogens with zero attached hydrogens (tertiary/aromatic N) is 1. The van der Waals surface area contributed by atoms with Crippen LogP contribution < -0.4 is 0 Å². The van der Waals surface area contributed by atoms with Crippen LogP contribution in [0, 0.1) is 17.3 Å². The average Bonchev–Trinajstić information content (AvgIpc) is 2.69. The molecule has 1 spiro atoms. The van der Waals surface area contributed by atoms with Gasteiger partial charge in [0.2, 0.25) is 0 Å². The molecule has 1 heteroatoms. The zero-order valence-electron chi connectivity index (χ0n) is 10.6. The van der Waals surface area contributed by atoms with E-state index >= 15 is 0 Å². The Labute approximate surface area is 94.2 Å². The summed E-state index contributed by atoms with van der Waals surface area (Å²) in [6.45, 7) is 9.88. The maximum absolute atomic E-state index is 2.74. The van der Waals surface area contributed by atoms with Crippen LogP contribution >= 0.6 is 0 Å². The van der Waals surface area contributed by atoms with Gasteiger partial charge in [-0.15, -0.1) is 0 Å². The molecule has 0 radical (unpaired) electrons. The minimum Gasteiger partial charge on any atom is -0.298 e. The molecule has 1 saturated heterocycles. The fourth-order valence-electron chi connectivity index (χ4n) is 4.33. The molecule has 0 bridgehead atoms. The molecule has 0 amide bonds. The van der Waals surface area contributed by atoms with E-state index in [4.69, 9.17) is 0 Å². The van der Waals surface area contributed by atoms with Crippen LogP contribution in [0.4, 0.5) is 0 Å². The summed E-state index contributed by atoms with van der Waals surface area (Å²) < 4.78 is 0. The fourth-order valence-corrected chi connectivity index (χ4v) is 4.33. The van der Waals surface area contributed by atoms with Gasteiger partial charge in [0.05, 0.1) is 0 Å². The summed E-state index contributed by atoms with van der Waals surface area (Å²) in [5.41, 5.74) is 1.24. The second kappa shape index (κ2) is 3.00. The second-order valence-electron chi connectivity index (χ2n) is 7.13. The largest absolute Gasteiger partial charge is 0.298 e. The van der Waals surface area contributed by atoms with Gasteiger partial charge >= 0.3 is 0 Å². The summed E-state index contributed by atoms with van der Waals surface area (Å²) in [6, 6.07) is 0. The summed E-state index contributed by atoms with van der Waals surface area (Å²) in [6.07, 6.45) is 7.66. The summed E-state index contributed by atoms with van der Waals surface area (Å²) >= 11 is 0. The molecule has 0 aromatic carbocycles. The summed E-state index contributed by atoms with van der Waals surface area (Å²) in [5.74, 6) is 2.15. The third-order valence-electron chi connectivity index (χ3n) is 5.42. The Morgan fingerprint density at radius 3 is 2.67 bits per heavy atom. The lowest BCUT2D eigenvalue weighted by Gasteiger charge is -2.35. The molecule has 0 aromatic rings. The van der Waals surface area contributed by atoms with E-state index in [1.807, 2.05) is 0 Å². The molecule has 3 atom stereocenters. The Morgan fingerprint density at radius 1 is 1.13 bits per heavy atom. The molecule has 3 aliphatic rings. The van der Waals surface area contributed by atoms with E-state index in [0.29, 0.717) is 5.54 Å². The van der Waals surface area contributed by atoms with E-state index in [9.17, 15) is 0 Å². The second-order valence-corrected chi connectivity index (χ2v) is 7.13. The van der Waals surface area contributed by atoms with Crippen LogP contribution in [-0.4, -0.2) is 23.5 Å². The summed E-state index contributed by atoms with van der Waals surface area (Å²) in [4.78, 5) is 2.74. The van der Waals surface area contributed by atoms with E-state index in [0.717, 1.165) is 17.3 Å². The average molecular weight is 207 g/mol. The Bertz CT molecular complexity index is 265. The Hall–Kier alpha value is -0.0400. The zero-order valence-corrected chi connectivity index (χ0v) is 10.6. The molecule has 2 aliphatic carbocycles. The maximum Gasteiger partial charge on any atom is 0.0125 e. The van der Waals surface area contributed by atoms with Crippen molar-refractivity contribution < 1.29 is 0 Å². The lowest BCUT2D eigenvalue weighted by atomic mass is 9.88. The lowest BCUT2D eigenvalue weighted by Crippen LogP contribution is -2.42. The Kier molecular flexibility index (Phi) is 2.03. The van der Waals surface area contributed by atoms with Crippen molar-refractivity contribution in [1.29, 1.82) is 0 Å². The number of likely N-dealkylation sites (tertiary alicyclic amines) is 1. The maximum atomic E-state index is 2.74. The van der Waals surface area contributed by atoms with E-state index in [1.54, 1.807) is 12.8 Å². The van der Waals surface area contributed by atoms with E-state index in [1.165, 1.54) is 32.4 Å². The van der Waals surface area contributed by atoms with Crippen LogP contribution in [0.2, 0.25) is 0 Å². The molecule has 3 rings (SSSR count). The monoisotopic (exact) mass is 207 g/mol. The number of hydrogen-bond donors (Lipinski definition) is 0. The van der Waals surface area contributed by atoms with E-state index in [2.05, 4.69) is 25.7 Å². The highest BCUT2D eigenvalue weighted by molar-refractivity contribution is 5.12. The standard InChI is InChI=1S/C14H25N/c1-13(2,3)15-8-6-11-5-4-7-14(11)9-12(14)10-15/h11-12H,4-10H2,1-3H3. The molecule has 15 heavy (non-hydrogen) atoms. The quantitative estimate of drug-likeness (QED) is 0.589. The highest BCUT2D eigenvalue weighted by Crippen LogP contribution is 2.67. The molecule has 1 heterocycles. The van der Waals surface area contributed by atoms with Gasteiger partial charge < -0.3 is 0 Å². The first-order valence-electron chi connectivity index (χ1n) is 6.77. The topological polar surface area (TPSA) is 3.24 Å². The van der Waals surface area contributed by atoms with Crippen LogP contribution in [0.1, 0.15) is 52.9 Å². The normalized spacial score (nSPS) is 45.8. The van der Waals surface area contributed by atoms with Gasteiger partial charge in [-0.1, -0.05) is 6.42 Å². The molecule has 2 saturated carbocycles. The van der Waals surface area contributed by atoms with Crippen molar-refractivity contribution >= 4 is 0 Å². The highest BCUT2D eigenvalue weighted by Gasteiger charge is 2.61. The number of rotatable bonds is 0. The first kappa shape index (κ1) is 10.1. The van der Waals surface area contributed by atoms with Crippen molar-refractivity contribution in [3.8, 4) is 0 Å². The van der Waals surface area contributed by atoms with Crippen LogP contribution in [0.3, 0.4) is 0 Å². The van der Waals surface area contributed by atoms with Crippen LogP contribution in [0.5, 0.6) is 0 Å². The fraction of sp³-hybridized carbons (Fsp3) is 1.00. The van der Waals surface area contributed by atoms with Gasteiger partial charge in [-0.25, -0.2) is 0 Å². The molecule has 3 fully saturated rings. The minimum absolute atomic E-state index is 0.391. The van der Waals surface area contributed by atoms with Crippen LogP contribution in [0.15, 0.2) is 0 Å². The molecule has 1 nitrogen and oxygen atoms in total. The first-order chi connectivity index (χ1) is 7.02. The van der Waals surface area contributed by atoms with Crippen molar-refractivity contribution in [2.75, 3.05) is 13.1 Å². The molecule has 1 aliphatic heterocycles. The molecular weight excluding hydrogens is 182 g/mol. The smallest absolute Gasteiger partial charge is 0.0125 e. The van der Waals surface area contributed by atoms with Crippen molar-refractivity contribution in [1.82, 2.24) is 4.90 Å². The predicted octanol–water partition coefficient (Wildman–Crippen LogP) is 3.30. The SMILES string of the molecule is CC(C)(C)N1CCC2CCCC23CC3C1. The summed E-state index contributed by atoms with van der Waals surface area (Å²) in [5, 5.41) is 0. The van der Waals surface area contributed by atoms with Crippen molar-refractivity contribution in [2.45, 2.75) is 58.4 Å². The summed E-state index contributed by atoms with van der Waals surface area (Å²) in [7, 11) is 0. The molecule has 0 N–H and O–H groups in total. The molecular formula is C14H25N. The Morgan fingerprint density at radius 2 is 1.93 bits per heavy atom. The van der Waals surface area contributed by atoms with Gasteiger partial charge in [0, 0.05) is 12.1 Å². The lowest BCUT2D eigenvalue weighted by molar-refractivity contribution is 0.131. The molecule has 3 unspecified atom stereocenters. The highest BCUT2D eigenvalue weighted by atomic mass is 15.2. The minimum atomic E-state index is 0.391. The van der Waals surface area contributed by atoms with E-state index < -0.39 is 0 Å². The van der Waals surface area contributed by atoms with Gasteiger partial charge in [-0.05, 0) is 70.3 Å². The van der Waals surface area contributed by atoms with Crippen molar-refractivity contribution in [3.05, 3.63) is 0 Å². The van der Waals surface area contributed by atoms with E-state index in [-0.39, 0.29) is 0 Å². The van der Waals surface area contributed by atoms with Gasteiger partial charge in [0.15, 0.2) is 0 Å². The molecule has 0 aromatic heterocycles. The third-order valence-corrected chi connectivity index (χ3v) is 5.42. The van der Waals surface area contributed by atoms with Gasteiger partial charge in [-0.3, -0.25) is 4.90 Å². The number of hydrogen-bond acceptors (Lipinski definition) is 1. The van der Waals surface area contributed by atoms with Gasteiger partial charge in [0.25, 0.3) is 0 Å². The zero-order chi connectivity index (χ0) is 10.7. The predicted molar refractivity (Wildman–Crippen MR) is 63.8 cm³/mol. The first-order valence-corrected chi connectivity index (χ1v) is 6.77. The van der Waals surface area contributed by atoms with Crippen molar-refractivity contribution in [2.24, 2.45) is 17.3 Å². The molecule has 86 valence electrons. The van der Waals surface area contributed by atoms with Gasteiger partial charge in [-0.2, -0.15) is 0 Å². The van der Waals surface area contributed by atoms with Crippen LogP contribution in [0.25, 0.3) is 0 Å². The van der Waals surface area contributed by atoms with Crippen LogP contribution in [-0.2, 0) is 0 Å².